The lowest BCUT2D eigenvalue weighted by molar-refractivity contribution is -0.130. The molecule has 7 heteroatoms. The summed E-state index contributed by atoms with van der Waals surface area (Å²) in [5.74, 6) is 0.851. The van der Waals surface area contributed by atoms with Gasteiger partial charge in [-0.1, -0.05) is 11.3 Å². The van der Waals surface area contributed by atoms with E-state index in [0.717, 1.165) is 23.1 Å². The Kier molecular flexibility index (Phi) is 7.45. The Balaban J connectivity index is 2.44. The molecule has 0 radical (unpaired) electrons. The average Bonchev–Trinajstić information content (AvgIpc) is 2.88. The Morgan fingerprint density at radius 2 is 2.00 bits per heavy atom. The van der Waals surface area contributed by atoms with Gasteiger partial charge in [-0.3, -0.25) is 4.79 Å². The Hall–Kier alpha value is -1.34. The number of anilines is 1. The number of nitrogens with one attached hydrogen (secondary N) is 1. The number of carbonyl (C=O) groups is 1. The molecule has 1 N–H and O–H groups in total. The minimum absolute atomic E-state index is 0.192. The zero-order chi connectivity index (χ0) is 15.8. The number of nitrogens with zero attached hydrogens (tertiary/aromatic N) is 3. The second-order valence-electron chi connectivity index (χ2n) is 4.82. The maximum Gasteiger partial charge on any atom is 0.230 e. The highest BCUT2D eigenvalue weighted by Gasteiger charge is 2.13. The number of hydrogen-bond acceptors (Lipinski definition) is 6. The Morgan fingerprint density at radius 3 is 2.52 bits per heavy atom. The molecule has 1 aromatic heterocycles. The van der Waals surface area contributed by atoms with Gasteiger partial charge in [0.2, 0.25) is 11.8 Å². The quantitative estimate of drug-likeness (QED) is 0.701. The summed E-state index contributed by atoms with van der Waals surface area (Å²) >= 11 is 1.60. The highest BCUT2D eigenvalue weighted by molar-refractivity contribution is 7.15. The van der Waals surface area contributed by atoms with Crippen molar-refractivity contribution in [3.05, 3.63) is 4.88 Å². The minimum atomic E-state index is 0.192. The molecule has 1 amide bonds. The van der Waals surface area contributed by atoms with E-state index in [9.17, 15) is 4.79 Å². The van der Waals surface area contributed by atoms with E-state index in [1.54, 1.807) is 18.4 Å². The van der Waals surface area contributed by atoms with Crippen LogP contribution in [0.5, 0.6) is 5.88 Å². The smallest absolute Gasteiger partial charge is 0.230 e. The van der Waals surface area contributed by atoms with E-state index in [0.29, 0.717) is 25.4 Å². The molecule has 0 aromatic carbocycles. The van der Waals surface area contributed by atoms with Gasteiger partial charge in [-0.25, -0.2) is 0 Å². The van der Waals surface area contributed by atoms with Crippen molar-refractivity contribution in [3.63, 3.8) is 0 Å². The van der Waals surface area contributed by atoms with Gasteiger partial charge in [0.1, 0.15) is 0 Å². The van der Waals surface area contributed by atoms with Crippen molar-refractivity contribution in [1.29, 1.82) is 0 Å². The summed E-state index contributed by atoms with van der Waals surface area (Å²) in [6, 6.07) is 0. The molecule has 0 aliphatic rings. The molecule has 0 saturated carbocycles. The monoisotopic (exact) mass is 314 g/mol. The molecule has 120 valence electrons. The van der Waals surface area contributed by atoms with Crippen molar-refractivity contribution in [2.45, 2.75) is 26.8 Å². The maximum absolute atomic E-state index is 11.9. The molecule has 0 aliphatic carbocycles. The van der Waals surface area contributed by atoms with Crippen LogP contribution in [0.15, 0.2) is 0 Å². The first kappa shape index (κ1) is 17.7. The van der Waals surface area contributed by atoms with Gasteiger partial charge in [-0.2, -0.15) is 4.98 Å². The first-order chi connectivity index (χ1) is 10.0. The number of rotatable bonds is 9. The van der Waals surface area contributed by atoms with Crippen LogP contribution in [0, 0.1) is 0 Å². The van der Waals surface area contributed by atoms with Crippen LogP contribution in [0.3, 0.4) is 0 Å². The van der Waals surface area contributed by atoms with Crippen LogP contribution < -0.4 is 15.0 Å². The molecule has 0 spiro atoms. The zero-order valence-corrected chi connectivity index (χ0v) is 14.4. The maximum atomic E-state index is 11.9. The van der Waals surface area contributed by atoms with Crippen LogP contribution in [0.2, 0.25) is 0 Å². The molecule has 1 heterocycles. The van der Waals surface area contributed by atoms with E-state index in [2.05, 4.69) is 10.3 Å². The number of aromatic nitrogens is 1. The zero-order valence-electron chi connectivity index (χ0n) is 13.6. The molecular weight excluding hydrogens is 288 g/mol. The summed E-state index contributed by atoms with van der Waals surface area (Å²) in [5, 5.41) is 4.21. The standard InChI is InChI=1S/C14H26N4O2S/c1-6-18(7-2)12(19)8-9-15-10-11-13(20-5)16-14(21-11)17(3)4/h15H,6-10H2,1-5H3. The first-order valence-corrected chi connectivity index (χ1v) is 8.04. The van der Waals surface area contributed by atoms with Crippen LogP contribution in [0.4, 0.5) is 5.13 Å². The summed E-state index contributed by atoms with van der Waals surface area (Å²) in [6.45, 7) is 6.86. The summed E-state index contributed by atoms with van der Waals surface area (Å²) in [5.41, 5.74) is 0. The summed E-state index contributed by atoms with van der Waals surface area (Å²) in [6.07, 6.45) is 0.517. The SMILES string of the molecule is CCN(CC)C(=O)CCNCc1sc(N(C)C)nc1OC. The molecule has 0 unspecified atom stereocenters. The molecule has 21 heavy (non-hydrogen) atoms. The average molecular weight is 314 g/mol. The lowest BCUT2D eigenvalue weighted by Crippen LogP contribution is -2.32. The van der Waals surface area contributed by atoms with E-state index in [1.165, 1.54) is 0 Å². The van der Waals surface area contributed by atoms with Crippen LogP contribution in [-0.2, 0) is 11.3 Å². The predicted molar refractivity (Wildman–Crippen MR) is 87.2 cm³/mol. The topological polar surface area (TPSA) is 57.7 Å². The van der Waals surface area contributed by atoms with E-state index in [4.69, 9.17) is 4.74 Å². The molecule has 6 nitrogen and oxygen atoms in total. The van der Waals surface area contributed by atoms with Crippen molar-refractivity contribution in [2.24, 2.45) is 0 Å². The fourth-order valence-electron chi connectivity index (χ4n) is 1.92. The number of methoxy groups -OCH3 is 1. The second kappa shape index (κ2) is 8.84. The summed E-state index contributed by atoms with van der Waals surface area (Å²) in [7, 11) is 5.54. The van der Waals surface area contributed by atoms with Crippen molar-refractivity contribution in [2.75, 3.05) is 45.7 Å². The van der Waals surface area contributed by atoms with Gasteiger partial charge in [0.15, 0.2) is 5.13 Å². The van der Waals surface area contributed by atoms with Crippen LogP contribution >= 0.6 is 11.3 Å². The fourth-order valence-corrected chi connectivity index (χ4v) is 2.84. The third-order valence-electron chi connectivity index (χ3n) is 3.14. The minimum Gasteiger partial charge on any atom is -0.480 e. The van der Waals surface area contributed by atoms with E-state index in [-0.39, 0.29) is 5.91 Å². The Morgan fingerprint density at radius 1 is 1.33 bits per heavy atom. The lowest BCUT2D eigenvalue weighted by Gasteiger charge is -2.18. The van der Waals surface area contributed by atoms with Crippen LogP contribution in [-0.4, -0.2) is 56.6 Å². The van der Waals surface area contributed by atoms with E-state index < -0.39 is 0 Å². The normalized spacial score (nSPS) is 10.5. The van der Waals surface area contributed by atoms with Crippen molar-refractivity contribution in [1.82, 2.24) is 15.2 Å². The highest BCUT2D eigenvalue weighted by atomic mass is 32.1. The van der Waals surface area contributed by atoms with Gasteiger partial charge < -0.3 is 19.9 Å². The molecule has 0 atom stereocenters. The molecule has 0 bridgehead atoms. The second-order valence-corrected chi connectivity index (χ2v) is 5.88. The van der Waals surface area contributed by atoms with E-state index in [1.807, 2.05) is 37.7 Å². The van der Waals surface area contributed by atoms with Gasteiger partial charge in [0.05, 0.1) is 12.0 Å². The third kappa shape index (κ3) is 5.17. The van der Waals surface area contributed by atoms with Gasteiger partial charge in [-0.15, -0.1) is 0 Å². The number of amides is 1. The van der Waals surface area contributed by atoms with Crippen LogP contribution in [0.25, 0.3) is 0 Å². The van der Waals surface area contributed by atoms with Gasteiger partial charge >= 0.3 is 0 Å². The fraction of sp³-hybridized carbons (Fsp3) is 0.714. The molecule has 0 aliphatic heterocycles. The largest absolute Gasteiger partial charge is 0.480 e. The third-order valence-corrected chi connectivity index (χ3v) is 4.35. The predicted octanol–water partition coefficient (Wildman–Crippen LogP) is 1.57. The van der Waals surface area contributed by atoms with Gasteiger partial charge in [0, 0.05) is 46.7 Å². The van der Waals surface area contributed by atoms with Crippen molar-refractivity contribution in [3.8, 4) is 5.88 Å². The van der Waals surface area contributed by atoms with Gasteiger partial charge in [0.25, 0.3) is 0 Å². The molecule has 1 rings (SSSR count). The lowest BCUT2D eigenvalue weighted by atomic mass is 10.3. The summed E-state index contributed by atoms with van der Waals surface area (Å²) < 4.78 is 5.28. The number of hydrogen-bond donors (Lipinski definition) is 1. The van der Waals surface area contributed by atoms with E-state index >= 15 is 0 Å². The Labute approximate surface area is 131 Å². The van der Waals surface area contributed by atoms with Gasteiger partial charge in [-0.05, 0) is 13.8 Å². The molecule has 0 fully saturated rings. The Bertz CT molecular complexity index is 444. The first-order valence-electron chi connectivity index (χ1n) is 7.22. The number of ether oxygens (including phenoxy) is 1. The van der Waals surface area contributed by atoms with Crippen LogP contribution in [0.1, 0.15) is 25.1 Å². The molecule has 1 aromatic rings. The highest BCUT2D eigenvalue weighted by Crippen LogP contribution is 2.30. The number of thiazole rings is 1. The molecular formula is C14H26N4O2S. The summed E-state index contributed by atoms with van der Waals surface area (Å²) in [4.78, 5) is 21.1. The van der Waals surface area contributed by atoms with Crippen molar-refractivity contribution >= 4 is 22.4 Å². The molecule has 0 saturated heterocycles. The van der Waals surface area contributed by atoms with Crippen molar-refractivity contribution < 1.29 is 9.53 Å². The number of carbonyl (C=O) groups excluding carboxylic acids is 1.